The van der Waals surface area contributed by atoms with E-state index in [-0.39, 0.29) is 0 Å². The molecular weight excluding hydrogens is 428 g/mol. The van der Waals surface area contributed by atoms with Gasteiger partial charge < -0.3 is 4.74 Å². The van der Waals surface area contributed by atoms with Gasteiger partial charge >= 0.3 is 0 Å². The van der Waals surface area contributed by atoms with Crippen LogP contribution in [0.5, 0.6) is 5.75 Å². The van der Waals surface area contributed by atoms with Gasteiger partial charge in [0.25, 0.3) is 0 Å². The zero-order valence-electron chi connectivity index (χ0n) is 22.5. The monoisotopic (exact) mass is 470 g/mol. The van der Waals surface area contributed by atoms with E-state index in [1.165, 1.54) is 46.2 Å². The van der Waals surface area contributed by atoms with Gasteiger partial charge in [-0.2, -0.15) is 0 Å². The van der Waals surface area contributed by atoms with Gasteiger partial charge in [0.1, 0.15) is 5.75 Å². The Bertz CT molecular complexity index is 1130. The molecule has 0 bridgehead atoms. The van der Waals surface area contributed by atoms with Crippen molar-refractivity contribution in [1.82, 2.24) is 9.88 Å². The number of aromatic nitrogens is 1. The highest BCUT2D eigenvalue weighted by Gasteiger charge is 2.28. The molecule has 0 spiro atoms. The van der Waals surface area contributed by atoms with Crippen LogP contribution in [-0.4, -0.2) is 23.5 Å². The molecule has 3 heteroatoms. The third-order valence-corrected chi connectivity index (χ3v) is 7.69. The Balaban J connectivity index is 1.70. The zero-order chi connectivity index (χ0) is 24.9. The van der Waals surface area contributed by atoms with Crippen LogP contribution in [0.15, 0.2) is 48.7 Å². The molecule has 35 heavy (non-hydrogen) atoms. The summed E-state index contributed by atoms with van der Waals surface area (Å²) in [5.41, 5.74) is 10.4. The quantitative estimate of drug-likeness (QED) is 0.320. The molecule has 2 heterocycles. The molecule has 2 aromatic carbocycles. The van der Waals surface area contributed by atoms with Gasteiger partial charge in [-0.05, 0) is 67.2 Å². The van der Waals surface area contributed by atoms with Crippen LogP contribution in [0, 0.1) is 12.8 Å². The number of ether oxygens (including phenoxy) is 1. The summed E-state index contributed by atoms with van der Waals surface area (Å²) in [5.74, 6) is 1.69. The molecular formula is C32H42N2O. The predicted molar refractivity (Wildman–Crippen MR) is 147 cm³/mol. The summed E-state index contributed by atoms with van der Waals surface area (Å²) in [6.07, 6.45) is 7.60. The summed E-state index contributed by atoms with van der Waals surface area (Å²) < 4.78 is 6.06. The first-order valence-electron chi connectivity index (χ1n) is 13.4. The molecule has 1 aliphatic rings. The van der Waals surface area contributed by atoms with Crippen LogP contribution in [0.1, 0.15) is 80.0 Å². The molecule has 186 valence electrons. The maximum absolute atomic E-state index is 6.06. The minimum absolute atomic E-state index is 0.444. The van der Waals surface area contributed by atoms with Crippen LogP contribution in [0.25, 0.3) is 11.3 Å². The van der Waals surface area contributed by atoms with Gasteiger partial charge in [0, 0.05) is 42.0 Å². The molecule has 0 saturated carbocycles. The molecule has 0 amide bonds. The summed E-state index contributed by atoms with van der Waals surface area (Å²) in [6.45, 7) is 13.2. The van der Waals surface area contributed by atoms with Gasteiger partial charge in [0.05, 0.1) is 12.8 Å². The first-order chi connectivity index (χ1) is 17.0. The first kappa shape index (κ1) is 25.4. The Kier molecular flexibility index (Phi) is 8.28. The molecule has 3 nitrogen and oxygen atoms in total. The lowest BCUT2D eigenvalue weighted by atomic mass is 9.88. The molecule has 0 saturated heterocycles. The molecule has 1 unspecified atom stereocenters. The summed E-state index contributed by atoms with van der Waals surface area (Å²) in [4.78, 5) is 7.73. The highest BCUT2D eigenvalue weighted by molar-refractivity contribution is 5.73. The van der Waals surface area contributed by atoms with Gasteiger partial charge in [0.2, 0.25) is 0 Å². The second-order valence-corrected chi connectivity index (χ2v) is 10.4. The lowest BCUT2D eigenvalue weighted by Crippen LogP contribution is -2.35. The third kappa shape index (κ3) is 5.30. The average molecular weight is 471 g/mol. The second-order valence-electron chi connectivity index (χ2n) is 10.4. The minimum Gasteiger partial charge on any atom is -0.496 e. The third-order valence-electron chi connectivity index (χ3n) is 7.69. The Hall–Kier alpha value is -2.65. The topological polar surface area (TPSA) is 25.4 Å². The van der Waals surface area contributed by atoms with E-state index in [1.54, 1.807) is 0 Å². The fourth-order valence-electron chi connectivity index (χ4n) is 5.78. The standard InChI is InChI=1S/C32H42N2O/c1-7-24-13-11-14-25(8-2)30(24)31-23(5)32(35-6)27(20-33-31)21-34-19-18-26-12-9-10-15-28(26)29(34)17-16-22(3)4/h9-15,20,22,29H,7-8,16-19,21H2,1-6H3. The van der Waals surface area contributed by atoms with Crippen molar-refractivity contribution in [3.63, 3.8) is 0 Å². The van der Waals surface area contributed by atoms with E-state index in [4.69, 9.17) is 9.72 Å². The predicted octanol–water partition coefficient (Wildman–Crippen LogP) is 7.73. The van der Waals surface area contributed by atoms with Crippen LogP contribution >= 0.6 is 0 Å². The number of aryl methyl sites for hydroxylation is 2. The Morgan fingerprint density at radius 2 is 1.71 bits per heavy atom. The van der Waals surface area contributed by atoms with Crippen molar-refractivity contribution in [1.29, 1.82) is 0 Å². The number of hydrogen-bond acceptors (Lipinski definition) is 3. The summed E-state index contributed by atoms with van der Waals surface area (Å²) in [6, 6.07) is 16.1. The lowest BCUT2D eigenvalue weighted by Gasteiger charge is -2.38. The van der Waals surface area contributed by atoms with Crippen molar-refractivity contribution in [3.8, 4) is 17.0 Å². The van der Waals surface area contributed by atoms with Crippen molar-refractivity contribution in [2.75, 3.05) is 13.7 Å². The molecule has 1 atom stereocenters. The van der Waals surface area contributed by atoms with Crippen LogP contribution < -0.4 is 4.74 Å². The number of hydrogen-bond donors (Lipinski definition) is 0. The number of pyridine rings is 1. The molecule has 3 aromatic rings. The lowest BCUT2D eigenvalue weighted by molar-refractivity contribution is 0.158. The average Bonchev–Trinajstić information content (AvgIpc) is 2.87. The van der Waals surface area contributed by atoms with E-state index in [9.17, 15) is 0 Å². The normalized spacial score (nSPS) is 15.9. The van der Waals surface area contributed by atoms with Gasteiger partial charge in [-0.1, -0.05) is 70.2 Å². The number of benzene rings is 2. The van der Waals surface area contributed by atoms with Gasteiger partial charge in [-0.25, -0.2) is 0 Å². The minimum atomic E-state index is 0.444. The molecule has 0 radical (unpaired) electrons. The molecule has 1 aliphatic heterocycles. The zero-order valence-corrected chi connectivity index (χ0v) is 22.5. The SMILES string of the molecule is CCc1cccc(CC)c1-c1ncc(CN2CCc3ccccc3C2CCC(C)C)c(OC)c1C. The number of fused-ring (bicyclic) bond motifs is 1. The van der Waals surface area contributed by atoms with E-state index < -0.39 is 0 Å². The van der Waals surface area contributed by atoms with Crippen LogP contribution in [0.3, 0.4) is 0 Å². The van der Waals surface area contributed by atoms with Gasteiger partial charge in [-0.15, -0.1) is 0 Å². The molecule has 0 N–H and O–H groups in total. The number of nitrogens with zero attached hydrogens (tertiary/aromatic N) is 2. The van der Waals surface area contributed by atoms with E-state index in [0.717, 1.165) is 49.4 Å². The molecule has 1 aromatic heterocycles. The largest absolute Gasteiger partial charge is 0.496 e. The maximum atomic E-state index is 6.06. The fourth-order valence-corrected chi connectivity index (χ4v) is 5.78. The van der Waals surface area contributed by atoms with E-state index in [2.05, 4.69) is 88.2 Å². The highest BCUT2D eigenvalue weighted by Crippen LogP contribution is 2.39. The Labute approximate surface area is 212 Å². The summed E-state index contributed by atoms with van der Waals surface area (Å²) in [7, 11) is 1.81. The summed E-state index contributed by atoms with van der Waals surface area (Å²) >= 11 is 0. The van der Waals surface area contributed by atoms with Crippen LogP contribution in [0.4, 0.5) is 0 Å². The maximum Gasteiger partial charge on any atom is 0.129 e. The smallest absolute Gasteiger partial charge is 0.129 e. The molecule has 4 rings (SSSR count). The Morgan fingerprint density at radius 3 is 2.37 bits per heavy atom. The van der Waals surface area contributed by atoms with E-state index in [0.29, 0.717) is 12.0 Å². The summed E-state index contributed by atoms with van der Waals surface area (Å²) in [5, 5.41) is 0. The van der Waals surface area contributed by atoms with E-state index in [1.807, 2.05) is 7.11 Å². The molecule has 0 aliphatic carbocycles. The van der Waals surface area contributed by atoms with E-state index >= 15 is 0 Å². The first-order valence-corrected chi connectivity index (χ1v) is 13.4. The van der Waals surface area contributed by atoms with Crippen molar-refractivity contribution < 1.29 is 4.74 Å². The van der Waals surface area contributed by atoms with Crippen LogP contribution in [0.2, 0.25) is 0 Å². The Morgan fingerprint density at radius 1 is 1.00 bits per heavy atom. The van der Waals surface area contributed by atoms with Crippen molar-refractivity contribution in [2.45, 2.75) is 79.3 Å². The fraction of sp³-hybridized carbons (Fsp3) is 0.469. The molecule has 0 fully saturated rings. The second kappa shape index (κ2) is 11.4. The van der Waals surface area contributed by atoms with Crippen molar-refractivity contribution in [3.05, 3.63) is 82.0 Å². The number of rotatable bonds is 9. The van der Waals surface area contributed by atoms with Crippen LogP contribution in [-0.2, 0) is 25.8 Å². The number of methoxy groups -OCH3 is 1. The van der Waals surface area contributed by atoms with Gasteiger partial charge in [0.15, 0.2) is 0 Å². The van der Waals surface area contributed by atoms with Gasteiger partial charge in [-0.3, -0.25) is 9.88 Å². The van der Waals surface area contributed by atoms with Crippen molar-refractivity contribution >= 4 is 0 Å². The van der Waals surface area contributed by atoms with Crippen molar-refractivity contribution in [2.24, 2.45) is 5.92 Å². The highest BCUT2D eigenvalue weighted by atomic mass is 16.5.